The molecule has 1 aliphatic rings. The number of hydrogen-bond acceptors (Lipinski definition) is 3. The number of rotatable bonds is 4. The van der Waals surface area contributed by atoms with Crippen molar-refractivity contribution in [1.29, 1.82) is 0 Å². The highest BCUT2D eigenvalue weighted by Gasteiger charge is 2.27. The molecule has 5 nitrogen and oxygen atoms in total. The van der Waals surface area contributed by atoms with E-state index < -0.39 is 0 Å². The van der Waals surface area contributed by atoms with Gasteiger partial charge in [0.25, 0.3) is 0 Å². The molecule has 0 spiro atoms. The van der Waals surface area contributed by atoms with E-state index in [0.29, 0.717) is 5.92 Å². The standard InChI is InChI=1S/C18H24N4O/c1-14(22-11-8-20-15(22)2)18(23)21-9-5-16(6-10-21)12-17-4-3-7-19-13-17/h3-4,7-8,11,13-14,16H,5-6,9-10,12H2,1-2H3/t14-/m0/s1. The normalized spacial score (nSPS) is 17.2. The zero-order valence-corrected chi connectivity index (χ0v) is 13.9. The maximum atomic E-state index is 12.7. The van der Waals surface area contributed by atoms with E-state index in [4.69, 9.17) is 0 Å². The first kappa shape index (κ1) is 15.7. The Labute approximate surface area is 137 Å². The molecule has 23 heavy (non-hydrogen) atoms. The largest absolute Gasteiger partial charge is 0.341 e. The van der Waals surface area contributed by atoms with E-state index in [1.165, 1.54) is 5.56 Å². The van der Waals surface area contributed by atoms with Crippen LogP contribution in [0.4, 0.5) is 0 Å². The second-order valence-corrected chi connectivity index (χ2v) is 6.39. The molecule has 2 aromatic heterocycles. The predicted octanol–water partition coefficient (Wildman–Crippen LogP) is 2.63. The topological polar surface area (TPSA) is 51.0 Å². The summed E-state index contributed by atoms with van der Waals surface area (Å²) in [5.41, 5.74) is 1.29. The highest BCUT2D eigenvalue weighted by molar-refractivity contribution is 5.80. The third-order valence-corrected chi connectivity index (χ3v) is 4.81. The van der Waals surface area contributed by atoms with E-state index >= 15 is 0 Å². The van der Waals surface area contributed by atoms with E-state index in [1.54, 1.807) is 6.20 Å². The van der Waals surface area contributed by atoms with Crippen molar-refractivity contribution in [2.24, 2.45) is 5.92 Å². The molecule has 1 saturated heterocycles. The lowest BCUT2D eigenvalue weighted by Gasteiger charge is -2.34. The van der Waals surface area contributed by atoms with Crippen molar-refractivity contribution in [2.45, 2.75) is 39.2 Å². The number of hydrogen-bond donors (Lipinski definition) is 0. The number of carbonyl (C=O) groups is 1. The van der Waals surface area contributed by atoms with E-state index in [2.05, 4.69) is 16.0 Å². The maximum absolute atomic E-state index is 12.7. The number of likely N-dealkylation sites (tertiary alicyclic amines) is 1. The van der Waals surface area contributed by atoms with Crippen LogP contribution >= 0.6 is 0 Å². The van der Waals surface area contributed by atoms with Crippen molar-refractivity contribution >= 4 is 5.91 Å². The molecule has 0 saturated carbocycles. The van der Waals surface area contributed by atoms with Gasteiger partial charge in [-0.25, -0.2) is 4.98 Å². The molecule has 5 heteroatoms. The summed E-state index contributed by atoms with van der Waals surface area (Å²) < 4.78 is 1.95. The number of pyridine rings is 1. The van der Waals surface area contributed by atoms with Gasteiger partial charge in [-0.3, -0.25) is 9.78 Å². The lowest BCUT2D eigenvalue weighted by atomic mass is 9.90. The Morgan fingerprint density at radius 1 is 1.35 bits per heavy atom. The first-order valence-electron chi connectivity index (χ1n) is 8.32. The zero-order valence-electron chi connectivity index (χ0n) is 13.9. The van der Waals surface area contributed by atoms with Gasteiger partial charge < -0.3 is 9.47 Å². The van der Waals surface area contributed by atoms with E-state index in [1.807, 2.05) is 48.0 Å². The van der Waals surface area contributed by atoms with Crippen LogP contribution in [0.15, 0.2) is 36.9 Å². The van der Waals surface area contributed by atoms with Gasteiger partial charge in [0.05, 0.1) is 0 Å². The Morgan fingerprint density at radius 2 is 2.13 bits per heavy atom. The summed E-state index contributed by atoms with van der Waals surface area (Å²) in [5, 5.41) is 0. The number of imidazole rings is 1. The lowest BCUT2D eigenvalue weighted by Crippen LogP contribution is -2.42. The molecule has 0 aliphatic carbocycles. The molecule has 2 aromatic rings. The summed E-state index contributed by atoms with van der Waals surface area (Å²) in [7, 11) is 0. The van der Waals surface area contributed by atoms with Crippen molar-refractivity contribution in [3.05, 3.63) is 48.3 Å². The van der Waals surface area contributed by atoms with E-state index in [9.17, 15) is 4.79 Å². The van der Waals surface area contributed by atoms with Gasteiger partial charge in [-0.1, -0.05) is 6.07 Å². The number of aryl methyl sites for hydroxylation is 1. The lowest BCUT2D eigenvalue weighted by molar-refractivity contribution is -0.135. The molecule has 0 aromatic carbocycles. The van der Waals surface area contributed by atoms with E-state index in [0.717, 1.165) is 38.2 Å². The van der Waals surface area contributed by atoms with Gasteiger partial charge in [0.2, 0.25) is 5.91 Å². The summed E-state index contributed by atoms with van der Waals surface area (Å²) in [5.74, 6) is 1.73. The molecule has 122 valence electrons. The zero-order chi connectivity index (χ0) is 16.2. The fourth-order valence-corrected chi connectivity index (χ4v) is 3.39. The Morgan fingerprint density at radius 3 is 2.74 bits per heavy atom. The van der Waals surface area contributed by atoms with Gasteiger partial charge >= 0.3 is 0 Å². The van der Waals surface area contributed by atoms with E-state index in [-0.39, 0.29) is 11.9 Å². The molecular formula is C18H24N4O. The number of amides is 1. The number of aromatic nitrogens is 3. The average Bonchev–Trinajstić information content (AvgIpc) is 3.01. The molecule has 1 aliphatic heterocycles. The smallest absolute Gasteiger partial charge is 0.245 e. The van der Waals surface area contributed by atoms with Crippen LogP contribution in [0.25, 0.3) is 0 Å². The molecule has 0 radical (unpaired) electrons. The highest BCUT2D eigenvalue weighted by atomic mass is 16.2. The Hall–Kier alpha value is -2.17. The van der Waals surface area contributed by atoms with Gasteiger partial charge in [-0.15, -0.1) is 0 Å². The second kappa shape index (κ2) is 6.94. The van der Waals surface area contributed by atoms with Gasteiger partial charge in [0.15, 0.2) is 0 Å². The van der Waals surface area contributed by atoms with Crippen molar-refractivity contribution in [3.8, 4) is 0 Å². The predicted molar refractivity (Wildman–Crippen MR) is 88.9 cm³/mol. The highest BCUT2D eigenvalue weighted by Crippen LogP contribution is 2.23. The van der Waals surface area contributed by atoms with Gasteiger partial charge in [-0.2, -0.15) is 0 Å². The number of carbonyl (C=O) groups excluding carboxylic acids is 1. The summed E-state index contributed by atoms with van der Waals surface area (Å²) >= 11 is 0. The van der Waals surface area contributed by atoms with Gasteiger partial charge in [0.1, 0.15) is 11.9 Å². The molecular weight excluding hydrogens is 288 g/mol. The monoisotopic (exact) mass is 312 g/mol. The fourth-order valence-electron chi connectivity index (χ4n) is 3.39. The minimum absolute atomic E-state index is 0.174. The van der Waals surface area contributed by atoms with Gasteiger partial charge in [-0.05, 0) is 50.7 Å². The van der Waals surface area contributed by atoms with Crippen LogP contribution in [-0.2, 0) is 11.2 Å². The second-order valence-electron chi connectivity index (χ2n) is 6.39. The minimum Gasteiger partial charge on any atom is -0.341 e. The summed E-state index contributed by atoms with van der Waals surface area (Å²) in [6, 6.07) is 3.95. The summed E-state index contributed by atoms with van der Waals surface area (Å²) in [6.07, 6.45) is 10.6. The third-order valence-electron chi connectivity index (χ3n) is 4.81. The first-order valence-corrected chi connectivity index (χ1v) is 8.32. The quantitative estimate of drug-likeness (QED) is 0.872. The van der Waals surface area contributed by atoms with Crippen molar-refractivity contribution in [2.75, 3.05) is 13.1 Å². The third kappa shape index (κ3) is 3.60. The van der Waals surface area contributed by atoms with Crippen LogP contribution in [0.2, 0.25) is 0 Å². The van der Waals surface area contributed by atoms with Crippen LogP contribution < -0.4 is 0 Å². The number of nitrogens with zero attached hydrogens (tertiary/aromatic N) is 4. The molecule has 1 atom stereocenters. The molecule has 0 unspecified atom stereocenters. The number of piperidine rings is 1. The van der Waals surface area contributed by atoms with Gasteiger partial charge in [0, 0.05) is 37.9 Å². The Balaban J connectivity index is 1.54. The minimum atomic E-state index is -0.174. The average molecular weight is 312 g/mol. The Bertz CT molecular complexity index is 644. The van der Waals surface area contributed by atoms with Crippen molar-refractivity contribution < 1.29 is 4.79 Å². The fraction of sp³-hybridized carbons (Fsp3) is 0.500. The first-order chi connectivity index (χ1) is 11.1. The molecule has 0 bridgehead atoms. The molecule has 1 fully saturated rings. The van der Waals surface area contributed by atoms with Crippen LogP contribution in [0.5, 0.6) is 0 Å². The van der Waals surface area contributed by atoms with Crippen LogP contribution in [0.3, 0.4) is 0 Å². The van der Waals surface area contributed by atoms with Crippen molar-refractivity contribution in [1.82, 2.24) is 19.4 Å². The SMILES string of the molecule is Cc1nccn1[C@@H](C)C(=O)N1CCC(Cc2cccnc2)CC1. The Kier molecular flexibility index (Phi) is 4.74. The van der Waals surface area contributed by atoms with Crippen LogP contribution in [0.1, 0.15) is 37.2 Å². The summed E-state index contributed by atoms with van der Waals surface area (Å²) in [6.45, 7) is 5.59. The van der Waals surface area contributed by atoms with Crippen LogP contribution in [-0.4, -0.2) is 38.4 Å². The molecule has 3 rings (SSSR count). The molecule has 3 heterocycles. The molecule has 0 N–H and O–H groups in total. The summed E-state index contributed by atoms with van der Waals surface area (Å²) in [4.78, 5) is 23.1. The maximum Gasteiger partial charge on any atom is 0.245 e. The van der Waals surface area contributed by atoms with Crippen LogP contribution in [0, 0.1) is 12.8 Å². The van der Waals surface area contributed by atoms with Crippen molar-refractivity contribution in [3.63, 3.8) is 0 Å². The molecule has 1 amide bonds.